The maximum Gasteiger partial charge on any atom is 0.244 e. The summed E-state index contributed by atoms with van der Waals surface area (Å²) in [5, 5.41) is 16.4. The van der Waals surface area contributed by atoms with Gasteiger partial charge >= 0.3 is 0 Å². The number of halogens is 1. The Labute approximate surface area is 154 Å². The number of rotatable bonds is 4. The summed E-state index contributed by atoms with van der Waals surface area (Å²) in [4.78, 5) is 14.8. The molecule has 1 fully saturated rings. The van der Waals surface area contributed by atoms with E-state index in [4.69, 9.17) is 11.6 Å². The smallest absolute Gasteiger partial charge is 0.244 e. The minimum Gasteiger partial charge on any atom is -0.334 e. The Bertz CT molecular complexity index is 879. The van der Waals surface area contributed by atoms with E-state index in [9.17, 15) is 4.79 Å². The van der Waals surface area contributed by atoms with Gasteiger partial charge in [0.15, 0.2) is 5.82 Å². The minimum atomic E-state index is 0.0197. The quantitative estimate of drug-likeness (QED) is 0.703. The highest BCUT2D eigenvalue weighted by molar-refractivity contribution is 7.08. The van der Waals surface area contributed by atoms with Crippen molar-refractivity contribution >= 4 is 28.8 Å². The Kier molecular flexibility index (Phi) is 4.50. The highest BCUT2D eigenvalue weighted by atomic mass is 35.5. The number of aromatic nitrogens is 4. The number of tetrazole rings is 1. The van der Waals surface area contributed by atoms with Crippen LogP contribution < -0.4 is 0 Å². The van der Waals surface area contributed by atoms with Gasteiger partial charge in [-0.1, -0.05) is 23.7 Å². The SMILES string of the molecule is O=C(Cn1nnnc1-c1ccsc1)N1CCCC1c1cccc(Cl)c1. The van der Waals surface area contributed by atoms with E-state index in [1.54, 1.807) is 16.0 Å². The molecule has 1 saturated heterocycles. The molecule has 1 aromatic carbocycles. The number of carbonyl (C=O) groups excluding carboxylic acids is 1. The number of amides is 1. The predicted octanol–water partition coefficient (Wildman–Crippen LogP) is 3.42. The monoisotopic (exact) mass is 373 g/mol. The average molecular weight is 374 g/mol. The molecule has 1 unspecified atom stereocenters. The minimum absolute atomic E-state index is 0.0197. The van der Waals surface area contributed by atoms with Crippen molar-refractivity contribution in [1.29, 1.82) is 0 Å². The van der Waals surface area contributed by atoms with Crippen LogP contribution in [0.2, 0.25) is 5.02 Å². The lowest BCUT2D eigenvalue weighted by atomic mass is 10.0. The molecular formula is C17H16ClN5OS. The second-order valence-electron chi connectivity index (χ2n) is 5.97. The molecule has 8 heteroatoms. The molecule has 4 rings (SSSR count). The Morgan fingerprint density at radius 1 is 1.36 bits per heavy atom. The summed E-state index contributed by atoms with van der Waals surface area (Å²) in [7, 11) is 0. The van der Waals surface area contributed by atoms with Gasteiger partial charge < -0.3 is 4.90 Å². The van der Waals surface area contributed by atoms with Gasteiger partial charge in [0.2, 0.25) is 5.91 Å². The zero-order valence-electron chi connectivity index (χ0n) is 13.4. The fraction of sp³-hybridized carbons (Fsp3) is 0.294. The molecule has 3 aromatic rings. The number of hydrogen-bond acceptors (Lipinski definition) is 5. The molecule has 1 amide bonds. The van der Waals surface area contributed by atoms with Gasteiger partial charge in [-0.15, -0.1) is 5.10 Å². The average Bonchev–Trinajstić information content (AvgIpc) is 3.35. The topological polar surface area (TPSA) is 63.9 Å². The summed E-state index contributed by atoms with van der Waals surface area (Å²) in [5.41, 5.74) is 2.00. The zero-order chi connectivity index (χ0) is 17.2. The van der Waals surface area contributed by atoms with Crippen molar-refractivity contribution in [3.8, 4) is 11.4 Å². The Morgan fingerprint density at radius 3 is 3.08 bits per heavy atom. The van der Waals surface area contributed by atoms with Crippen molar-refractivity contribution < 1.29 is 4.79 Å². The molecule has 3 heterocycles. The Balaban J connectivity index is 1.54. The van der Waals surface area contributed by atoms with Crippen molar-refractivity contribution in [3.63, 3.8) is 0 Å². The van der Waals surface area contributed by atoms with Gasteiger partial charge in [-0.25, -0.2) is 4.68 Å². The first-order chi connectivity index (χ1) is 12.2. The van der Waals surface area contributed by atoms with E-state index in [1.165, 1.54) is 0 Å². The molecule has 0 aliphatic carbocycles. The number of likely N-dealkylation sites (tertiary alicyclic amines) is 1. The van der Waals surface area contributed by atoms with Gasteiger partial charge in [0.25, 0.3) is 0 Å². The van der Waals surface area contributed by atoms with Crippen molar-refractivity contribution in [3.05, 3.63) is 51.7 Å². The Morgan fingerprint density at radius 2 is 2.28 bits per heavy atom. The van der Waals surface area contributed by atoms with Crippen LogP contribution >= 0.6 is 22.9 Å². The fourth-order valence-electron chi connectivity index (χ4n) is 3.25. The van der Waals surface area contributed by atoms with Crippen LogP contribution in [0.5, 0.6) is 0 Å². The Hall–Kier alpha value is -2.25. The van der Waals surface area contributed by atoms with E-state index in [0.29, 0.717) is 10.8 Å². The standard InChI is InChI=1S/C17H16ClN5OS/c18-14-4-1-3-12(9-14)15-5-2-7-22(15)16(24)10-23-17(19-20-21-23)13-6-8-25-11-13/h1,3-4,6,8-9,11,15H,2,5,7,10H2. The number of carbonyl (C=O) groups is 1. The first-order valence-corrected chi connectivity index (χ1v) is 9.38. The highest BCUT2D eigenvalue weighted by Gasteiger charge is 2.30. The molecule has 25 heavy (non-hydrogen) atoms. The summed E-state index contributed by atoms with van der Waals surface area (Å²) in [6, 6.07) is 9.74. The molecule has 1 atom stereocenters. The molecule has 0 saturated carbocycles. The molecule has 0 N–H and O–H groups in total. The lowest BCUT2D eigenvalue weighted by Crippen LogP contribution is -2.33. The molecule has 6 nitrogen and oxygen atoms in total. The number of hydrogen-bond donors (Lipinski definition) is 0. The first-order valence-electron chi connectivity index (χ1n) is 8.06. The van der Waals surface area contributed by atoms with Gasteiger partial charge in [-0.2, -0.15) is 11.3 Å². The number of thiophene rings is 1. The van der Waals surface area contributed by atoms with Crippen LogP contribution in [0, 0.1) is 0 Å². The van der Waals surface area contributed by atoms with Crippen LogP contribution in [-0.4, -0.2) is 37.6 Å². The van der Waals surface area contributed by atoms with Crippen LogP contribution in [0.15, 0.2) is 41.1 Å². The fourth-order valence-corrected chi connectivity index (χ4v) is 4.09. The van der Waals surface area contributed by atoms with Crippen molar-refractivity contribution in [2.75, 3.05) is 6.54 Å². The van der Waals surface area contributed by atoms with Gasteiger partial charge in [0.05, 0.1) is 6.04 Å². The lowest BCUT2D eigenvalue weighted by molar-refractivity contribution is -0.133. The van der Waals surface area contributed by atoms with Crippen LogP contribution in [0.3, 0.4) is 0 Å². The summed E-state index contributed by atoms with van der Waals surface area (Å²) in [6.07, 6.45) is 1.93. The number of nitrogens with zero attached hydrogens (tertiary/aromatic N) is 5. The third-order valence-corrected chi connectivity index (χ3v) is 5.32. The third-order valence-electron chi connectivity index (χ3n) is 4.40. The zero-order valence-corrected chi connectivity index (χ0v) is 15.0. The van der Waals surface area contributed by atoms with Crippen molar-refractivity contribution in [2.24, 2.45) is 0 Å². The molecule has 0 spiro atoms. The van der Waals surface area contributed by atoms with Gasteiger partial charge in [-0.05, 0) is 52.4 Å². The molecule has 1 aliphatic rings. The normalized spacial score (nSPS) is 17.2. The van der Waals surface area contributed by atoms with E-state index in [-0.39, 0.29) is 18.5 Å². The summed E-state index contributed by atoms with van der Waals surface area (Å²) >= 11 is 7.68. The van der Waals surface area contributed by atoms with E-state index in [0.717, 1.165) is 30.5 Å². The van der Waals surface area contributed by atoms with Crippen molar-refractivity contribution in [1.82, 2.24) is 25.1 Å². The van der Waals surface area contributed by atoms with E-state index >= 15 is 0 Å². The molecule has 2 aromatic heterocycles. The maximum absolute atomic E-state index is 12.9. The van der Waals surface area contributed by atoms with E-state index < -0.39 is 0 Å². The third kappa shape index (κ3) is 3.29. The second-order valence-corrected chi connectivity index (χ2v) is 7.19. The maximum atomic E-state index is 12.9. The summed E-state index contributed by atoms with van der Waals surface area (Å²) in [6.45, 7) is 0.876. The molecule has 0 radical (unpaired) electrons. The molecular weight excluding hydrogens is 358 g/mol. The molecule has 0 bridgehead atoms. The van der Waals surface area contributed by atoms with E-state index in [2.05, 4.69) is 15.5 Å². The van der Waals surface area contributed by atoms with Crippen LogP contribution in [0.4, 0.5) is 0 Å². The van der Waals surface area contributed by atoms with Crippen LogP contribution in [-0.2, 0) is 11.3 Å². The highest BCUT2D eigenvalue weighted by Crippen LogP contribution is 2.33. The van der Waals surface area contributed by atoms with Crippen LogP contribution in [0.25, 0.3) is 11.4 Å². The van der Waals surface area contributed by atoms with Gasteiger partial charge in [0.1, 0.15) is 6.54 Å². The van der Waals surface area contributed by atoms with Crippen molar-refractivity contribution in [2.45, 2.75) is 25.4 Å². The molecule has 128 valence electrons. The number of benzene rings is 1. The molecule has 1 aliphatic heterocycles. The largest absolute Gasteiger partial charge is 0.334 e. The second kappa shape index (κ2) is 6.93. The first kappa shape index (κ1) is 16.2. The van der Waals surface area contributed by atoms with Gasteiger partial charge in [0, 0.05) is 22.5 Å². The summed E-state index contributed by atoms with van der Waals surface area (Å²) in [5.74, 6) is 0.638. The van der Waals surface area contributed by atoms with E-state index in [1.807, 2.05) is 46.0 Å². The van der Waals surface area contributed by atoms with Gasteiger partial charge in [-0.3, -0.25) is 4.79 Å². The predicted molar refractivity (Wildman–Crippen MR) is 96.3 cm³/mol. The van der Waals surface area contributed by atoms with Crippen LogP contribution in [0.1, 0.15) is 24.4 Å². The summed E-state index contributed by atoms with van der Waals surface area (Å²) < 4.78 is 1.57. The lowest BCUT2D eigenvalue weighted by Gasteiger charge is -2.25.